The number of aryl methyl sites for hydroxylation is 1. The molecule has 1 atom stereocenters. The molecule has 0 aromatic heterocycles. The lowest BCUT2D eigenvalue weighted by atomic mass is 10.1. The summed E-state index contributed by atoms with van der Waals surface area (Å²) in [5.74, 6) is -0.220. The summed E-state index contributed by atoms with van der Waals surface area (Å²) in [5.41, 5.74) is 1.72. The SMILES string of the molecule is CCC1CO1.CCCCOC(=O)c1cccc(C)c1. The van der Waals surface area contributed by atoms with Gasteiger partial charge in [-0.2, -0.15) is 0 Å². The van der Waals surface area contributed by atoms with Crippen LogP contribution in [0, 0.1) is 6.92 Å². The van der Waals surface area contributed by atoms with Crippen molar-refractivity contribution in [2.24, 2.45) is 0 Å². The topological polar surface area (TPSA) is 38.8 Å². The first-order valence-corrected chi connectivity index (χ1v) is 7.02. The molecule has 106 valence electrons. The predicted molar refractivity (Wildman–Crippen MR) is 76.4 cm³/mol. The second-order valence-corrected chi connectivity index (χ2v) is 4.72. The van der Waals surface area contributed by atoms with E-state index >= 15 is 0 Å². The summed E-state index contributed by atoms with van der Waals surface area (Å²) in [7, 11) is 0. The molecule has 0 amide bonds. The van der Waals surface area contributed by atoms with Crippen LogP contribution in [0.5, 0.6) is 0 Å². The Balaban J connectivity index is 0.000000300. The minimum Gasteiger partial charge on any atom is -0.462 e. The van der Waals surface area contributed by atoms with Gasteiger partial charge in [-0.15, -0.1) is 0 Å². The Morgan fingerprint density at radius 2 is 2.16 bits per heavy atom. The Morgan fingerprint density at radius 1 is 1.42 bits per heavy atom. The van der Waals surface area contributed by atoms with E-state index in [0.717, 1.165) is 25.0 Å². The lowest BCUT2D eigenvalue weighted by molar-refractivity contribution is 0.0499. The molecule has 2 rings (SSSR count). The Hall–Kier alpha value is -1.35. The first kappa shape index (κ1) is 15.7. The van der Waals surface area contributed by atoms with Crippen LogP contribution in [0.2, 0.25) is 0 Å². The molecule has 1 aromatic rings. The van der Waals surface area contributed by atoms with E-state index in [0.29, 0.717) is 18.3 Å². The van der Waals surface area contributed by atoms with E-state index in [2.05, 4.69) is 13.8 Å². The van der Waals surface area contributed by atoms with E-state index in [9.17, 15) is 4.79 Å². The molecule has 0 bridgehead atoms. The van der Waals surface area contributed by atoms with Gasteiger partial charge in [-0.1, -0.05) is 38.0 Å². The number of ether oxygens (including phenoxy) is 2. The molecule has 1 unspecified atom stereocenters. The van der Waals surface area contributed by atoms with Gasteiger partial charge in [-0.25, -0.2) is 4.79 Å². The highest BCUT2D eigenvalue weighted by Gasteiger charge is 2.18. The number of rotatable bonds is 5. The lowest BCUT2D eigenvalue weighted by Crippen LogP contribution is -2.06. The highest BCUT2D eigenvalue weighted by Crippen LogP contribution is 2.10. The maximum Gasteiger partial charge on any atom is 0.338 e. The first-order chi connectivity index (χ1) is 9.17. The molecule has 3 heteroatoms. The molecule has 1 aliphatic heterocycles. The highest BCUT2D eigenvalue weighted by atomic mass is 16.6. The number of benzene rings is 1. The molecule has 0 aliphatic carbocycles. The zero-order chi connectivity index (χ0) is 14.1. The van der Waals surface area contributed by atoms with Gasteiger partial charge in [0.15, 0.2) is 0 Å². The molecule has 0 spiro atoms. The van der Waals surface area contributed by atoms with E-state index in [1.54, 1.807) is 6.07 Å². The third-order valence-electron chi connectivity index (χ3n) is 2.84. The van der Waals surface area contributed by atoms with E-state index in [1.165, 1.54) is 6.42 Å². The van der Waals surface area contributed by atoms with Crippen molar-refractivity contribution in [1.29, 1.82) is 0 Å². The third-order valence-corrected chi connectivity index (χ3v) is 2.84. The molecule has 3 nitrogen and oxygen atoms in total. The van der Waals surface area contributed by atoms with Crippen LogP contribution >= 0.6 is 0 Å². The van der Waals surface area contributed by atoms with Gasteiger partial charge in [0.1, 0.15) is 0 Å². The van der Waals surface area contributed by atoms with Crippen LogP contribution in [0.1, 0.15) is 49.0 Å². The van der Waals surface area contributed by atoms with Crippen molar-refractivity contribution < 1.29 is 14.3 Å². The number of esters is 1. The molecule has 1 saturated heterocycles. The van der Waals surface area contributed by atoms with Crippen molar-refractivity contribution in [1.82, 2.24) is 0 Å². The van der Waals surface area contributed by atoms with E-state index < -0.39 is 0 Å². The zero-order valence-corrected chi connectivity index (χ0v) is 12.1. The summed E-state index contributed by atoms with van der Waals surface area (Å²) >= 11 is 0. The number of unbranched alkanes of at least 4 members (excludes halogenated alkanes) is 1. The second-order valence-electron chi connectivity index (χ2n) is 4.72. The van der Waals surface area contributed by atoms with E-state index in [-0.39, 0.29) is 5.97 Å². The van der Waals surface area contributed by atoms with Crippen LogP contribution < -0.4 is 0 Å². The zero-order valence-electron chi connectivity index (χ0n) is 12.1. The normalized spacial score (nSPS) is 16.3. The van der Waals surface area contributed by atoms with Gasteiger partial charge in [0.2, 0.25) is 0 Å². The van der Waals surface area contributed by atoms with Crippen molar-refractivity contribution in [3.63, 3.8) is 0 Å². The number of hydrogen-bond acceptors (Lipinski definition) is 3. The summed E-state index contributed by atoms with van der Waals surface area (Å²) in [6.45, 7) is 7.70. The highest BCUT2D eigenvalue weighted by molar-refractivity contribution is 5.89. The number of carbonyl (C=O) groups is 1. The molecular weight excluding hydrogens is 240 g/mol. The van der Waals surface area contributed by atoms with Crippen molar-refractivity contribution in [3.05, 3.63) is 35.4 Å². The van der Waals surface area contributed by atoms with Crippen molar-refractivity contribution in [3.8, 4) is 0 Å². The second kappa shape index (κ2) is 8.70. The van der Waals surface area contributed by atoms with Crippen molar-refractivity contribution in [2.45, 2.75) is 46.1 Å². The Labute approximate surface area is 115 Å². The van der Waals surface area contributed by atoms with Crippen LogP contribution in [0.15, 0.2) is 24.3 Å². The number of hydrogen-bond donors (Lipinski definition) is 0. The summed E-state index contributed by atoms with van der Waals surface area (Å²) in [4.78, 5) is 11.4. The van der Waals surface area contributed by atoms with E-state index in [1.807, 2.05) is 25.1 Å². The summed E-state index contributed by atoms with van der Waals surface area (Å²) < 4.78 is 9.94. The summed E-state index contributed by atoms with van der Waals surface area (Å²) in [6, 6.07) is 7.45. The molecule has 1 aromatic carbocycles. The van der Waals surface area contributed by atoms with Crippen LogP contribution in [-0.4, -0.2) is 25.3 Å². The number of carbonyl (C=O) groups excluding carboxylic acids is 1. The summed E-state index contributed by atoms with van der Waals surface area (Å²) in [6.07, 6.45) is 3.80. The van der Waals surface area contributed by atoms with Crippen LogP contribution in [0.25, 0.3) is 0 Å². The molecule has 0 saturated carbocycles. The monoisotopic (exact) mass is 264 g/mol. The minimum atomic E-state index is -0.220. The van der Waals surface area contributed by atoms with Crippen LogP contribution in [0.4, 0.5) is 0 Å². The fourth-order valence-electron chi connectivity index (χ4n) is 1.47. The molecular formula is C16H24O3. The Kier molecular flexibility index (Phi) is 7.19. The maximum atomic E-state index is 11.4. The Morgan fingerprint density at radius 3 is 2.63 bits per heavy atom. The average molecular weight is 264 g/mol. The molecule has 0 radical (unpaired) electrons. The van der Waals surface area contributed by atoms with Gasteiger partial charge in [0.25, 0.3) is 0 Å². The van der Waals surface area contributed by atoms with Gasteiger partial charge in [0, 0.05) is 0 Å². The number of epoxide rings is 1. The fraction of sp³-hybridized carbons (Fsp3) is 0.562. The van der Waals surface area contributed by atoms with Gasteiger partial charge < -0.3 is 9.47 Å². The largest absolute Gasteiger partial charge is 0.462 e. The minimum absolute atomic E-state index is 0.220. The molecule has 1 aliphatic rings. The molecule has 0 N–H and O–H groups in total. The molecule has 1 heterocycles. The lowest BCUT2D eigenvalue weighted by Gasteiger charge is -2.03. The average Bonchev–Trinajstić information content (AvgIpc) is 3.23. The van der Waals surface area contributed by atoms with Gasteiger partial charge in [-0.3, -0.25) is 0 Å². The van der Waals surface area contributed by atoms with E-state index in [4.69, 9.17) is 9.47 Å². The molecule has 1 fully saturated rings. The smallest absolute Gasteiger partial charge is 0.338 e. The van der Waals surface area contributed by atoms with Gasteiger partial charge >= 0.3 is 5.97 Å². The molecule has 19 heavy (non-hydrogen) atoms. The quantitative estimate of drug-likeness (QED) is 0.462. The van der Waals surface area contributed by atoms with Crippen molar-refractivity contribution >= 4 is 5.97 Å². The van der Waals surface area contributed by atoms with Gasteiger partial charge in [0.05, 0.1) is 24.9 Å². The fourth-order valence-corrected chi connectivity index (χ4v) is 1.47. The first-order valence-electron chi connectivity index (χ1n) is 7.02. The van der Waals surface area contributed by atoms with Gasteiger partial charge in [-0.05, 0) is 31.9 Å². The van der Waals surface area contributed by atoms with Crippen LogP contribution in [0.3, 0.4) is 0 Å². The van der Waals surface area contributed by atoms with Crippen molar-refractivity contribution in [2.75, 3.05) is 13.2 Å². The summed E-state index contributed by atoms with van der Waals surface area (Å²) in [5, 5.41) is 0. The Bertz CT molecular complexity index is 383. The third kappa shape index (κ3) is 6.97. The maximum absolute atomic E-state index is 11.4. The van der Waals surface area contributed by atoms with Crippen LogP contribution in [-0.2, 0) is 9.47 Å². The predicted octanol–water partition coefficient (Wildman–Crippen LogP) is 3.75. The standard InChI is InChI=1S/C12H16O2.C4H8O/c1-3-4-8-14-12(13)11-7-5-6-10(2)9-11;1-2-4-3-5-4/h5-7,9H,3-4,8H2,1-2H3;4H,2-3H2,1H3.